The number of nitrogens with one attached hydrogen (secondary N) is 1. The molecule has 3 heteroatoms. The summed E-state index contributed by atoms with van der Waals surface area (Å²) in [5.74, 6) is 1.84. The zero-order chi connectivity index (χ0) is 15.7. The predicted molar refractivity (Wildman–Crippen MR) is 89.6 cm³/mol. The molecule has 1 aromatic rings. The summed E-state index contributed by atoms with van der Waals surface area (Å²) >= 11 is 0. The van der Waals surface area contributed by atoms with E-state index in [2.05, 4.69) is 39.1 Å². The van der Waals surface area contributed by atoms with Crippen LogP contribution < -0.4 is 14.8 Å². The van der Waals surface area contributed by atoms with Crippen LogP contribution >= 0.6 is 0 Å². The molecular weight excluding hydrogens is 262 g/mol. The molecule has 1 rings (SSSR count). The topological polar surface area (TPSA) is 30.5 Å². The molecule has 0 amide bonds. The summed E-state index contributed by atoms with van der Waals surface area (Å²) in [5.41, 5.74) is 1.23. The zero-order valence-electron chi connectivity index (χ0n) is 14.3. The van der Waals surface area contributed by atoms with Gasteiger partial charge in [-0.3, -0.25) is 0 Å². The highest BCUT2D eigenvalue weighted by Gasteiger charge is 2.19. The quantitative estimate of drug-likeness (QED) is 0.694. The van der Waals surface area contributed by atoms with Crippen molar-refractivity contribution in [3.05, 3.63) is 23.8 Å². The lowest BCUT2D eigenvalue weighted by atomic mass is 9.86. The van der Waals surface area contributed by atoms with Crippen LogP contribution in [0.25, 0.3) is 0 Å². The molecule has 0 aromatic heterocycles. The Balaban J connectivity index is 2.51. The second-order valence-electron chi connectivity index (χ2n) is 6.42. The van der Waals surface area contributed by atoms with Crippen LogP contribution in [0.1, 0.15) is 52.5 Å². The van der Waals surface area contributed by atoms with Crippen LogP contribution in [0.2, 0.25) is 0 Å². The largest absolute Gasteiger partial charge is 0.497 e. The van der Waals surface area contributed by atoms with Gasteiger partial charge in [-0.25, -0.2) is 0 Å². The molecule has 0 heterocycles. The third kappa shape index (κ3) is 6.38. The van der Waals surface area contributed by atoms with Crippen LogP contribution in [0, 0.1) is 0 Å². The van der Waals surface area contributed by atoms with Crippen LogP contribution in [0.15, 0.2) is 18.2 Å². The lowest BCUT2D eigenvalue weighted by Gasteiger charge is -2.23. The average Bonchev–Trinajstić information content (AvgIpc) is 2.45. The van der Waals surface area contributed by atoms with E-state index in [9.17, 15) is 0 Å². The Morgan fingerprint density at radius 1 is 1.10 bits per heavy atom. The average molecular weight is 293 g/mol. The van der Waals surface area contributed by atoms with Gasteiger partial charge in [0.05, 0.1) is 7.11 Å². The molecule has 0 fully saturated rings. The summed E-state index contributed by atoms with van der Waals surface area (Å²) in [6, 6.07) is 6.04. The van der Waals surface area contributed by atoms with Crippen molar-refractivity contribution in [3.8, 4) is 11.5 Å². The number of methoxy groups -OCH3 is 1. The standard InChI is InChI=1S/C18H31NO2/c1-6-7-8-11-19-12-13-21-17-10-9-15(20-5)14-16(17)18(2,3)4/h9-10,14,19H,6-8,11-13H2,1-5H3. The van der Waals surface area contributed by atoms with Gasteiger partial charge in [0.15, 0.2) is 0 Å². The van der Waals surface area contributed by atoms with Crippen molar-refractivity contribution in [2.75, 3.05) is 26.8 Å². The molecular formula is C18H31NO2. The minimum atomic E-state index is 0.0401. The first-order valence-corrected chi connectivity index (χ1v) is 8.01. The first-order valence-electron chi connectivity index (χ1n) is 8.01. The maximum absolute atomic E-state index is 5.95. The van der Waals surface area contributed by atoms with Crippen molar-refractivity contribution in [1.29, 1.82) is 0 Å². The highest BCUT2D eigenvalue weighted by molar-refractivity contribution is 5.44. The Morgan fingerprint density at radius 2 is 1.86 bits per heavy atom. The fraction of sp³-hybridized carbons (Fsp3) is 0.667. The molecule has 0 unspecified atom stereocenters. The van der Waals surface area contributed by atoms with E-state index in [-0.39, 0.29) is 5.41 Å². The van der Waals surface area contributed by atoms with Gasteiger partial charge in [-0.2, -0.15) is 0 Å². The Kier molecular flexibility index (Phi) is 7.58. The van der Waals surface area contributed by atoms with E-state index in [1.165, 1.54) is 24.8 Å². The number of rotatable bonds is 9. The number of benzene rings is 1. The maximum Gasteiger partial charge on any atom is 0.123 e. The lowest BCUT2D eigenvalue weighted by Crippen LogP contribution is -2.23. The highest BCUT2D eigenvalue weighted by atomic mass is 16.5. The first-order chi connectivity index (χ1) is 9.99. The summed E-state index contributed by atoms with van der Waals surface area (Å²) in [4.78, 5) is 0. The van der Waals surface area contributed by atoms with E-state index in [0.717, 1.165) is 24.6 Å². The van der Waals surface area contributed by atoms with Gasteiger partial charge in [0, 0.05) is 12.1 Å². The zero-order valence-corrected chi connectivity index (χ0v) is 14.3. The molecule has 120 valence electrons. The summed E-state index contributed by atoms with van der Waals surface area (Å²) in [7, 11) is 1.70. The number of hydrogen-bond donors (Lipinski definition) is 1. The Bertz CT molecular complexity index is 410. The van der Waals surface area contributed by atoms with Gasteiger partial charge in [0.1, 0.15) is 18.1 Å². The van der Waals surface area contributed by atoms with Gasteiger partial charge in [-0.1, -0.05) is 40.5 Å². The summed E-state index contributed by atoms with van der Waals surface area (Å²) in [6.45, 7) is 11.5. The summed E-state index contributed by atoms with van der Waals surface area (Å²) in [6.07, 6.45) is 3.80. The molecule has 21 heavy (non-hydrogen) atoms. The van der Waals surface area contributed by atoms with Gasteiger partial charge in [-0.15, -0.1) is 0 Å². The van der Waals surface area contributed by atoms with E-state index in [0.29, 0.717) is 6.61 Å². The van der Waals surface area contributed by atoms with Crippen molar-refractivity contribution in [3.63, 3.8) is 0 Å². The molecule has 0 atom stereocenters. The summed E-state index contributed by atoms with van der Waals surface area (Å²) < 4.78 is 11.3. The van der Waals surface area contributed by atoms with Crippen LogP contribution in [0.3, 0.4) is 0 Å². The Morgan fingerprint density at radius 3 is 2.48 bits per heavy atom. The number of hydrogen-bond acceptors (Lipinski definition) is 3. The molecule has 0 saturated heterocycles. The molecule has 0 radical (unpaired) electrons. The highest BCUT2D eigenvalue weighted by Crippen LogP contribution is 2.34. The normalized spacial score (nSPS) is 11.5. The third-order valence-electron chi connectivity index (χ3n) is 3.49. The van der Waals surface area contributed by atoms with E-state index in [1.54, 1.807) is 7.11 Å². The molecule has 0 saturated carbocycles. The minimum Gasteiger partial charge on any atom is -0.497 e. The van der Waals surface area contributed by atoms with Crippen LogP contribution in [-0.4, -0.2) is 26.8 Å². The van der Waals surface area contributed by atoms with Crippen molar-refractivity contribution in [2.24, 2.45) is 0 Å². The van der Waals surface area contributed by atoms with E-state index >= 15 is 0 Å². The third-order valence-corrected chi connectivity index (χ3v) is 3.49. The molecule has 1 aromatic carbocycles. The molecule has 0 bridgehead atoms. The van der Waals surface area contributed by atoms with Crippen molar-refractivity contribution < 1.29 is 9.47 Å². The molecule has 3 nitrogen and oxygen atoms in total. The predicted octanol–water partition coefficient (Wildman–Crippen LogP) is 4.15. The van der Waals surface area contributed by atoms with Crippen molar-refractivity contribution in [2.45, 2.75) is 52.4 Å². The van der Waals surface area contributed by atoms with Crippen molar-refractivity contribution >= 4 is 0 Å². The van der Waals surface area contributed by atoms with Gasteiger partial charge < -0.3 is 14.8 Å². The SMILES string of the molecule is CCCCCNCCOc1ccc(OC)cc1C(C)(C)C. The van der Waals surface area contributed by atoms with Crippen molar-refractivity contribution in [1.82, 2.24) is 5.32 Å². The number of ether oxygens (including phenoxy) is 2. The monoisotopic (exact) mass is 293 g/mol. The Hall–Kier alpha value is -1.22. The molecule has 0 aliphatic carbocycles. The smallest absolute Gasteiger partial charge is 0.123 e. The molecule has 0 aliphatic rings. The van der Waals surface area contributed by atoms with E-state index in [4.69, 9.17) is 9.47 Å². The minimum absolute atomic E-state index is 0.0401. The van der Waals surface area contributed by atoms with Crippen LogP contribution in [-0.2, 0) is 5.41 Å². The second-order valence-corrected chi connectivity index (χ2v) is 6.42. The van der Waals surface area contributed by atoms with Gasteiger partial charge in [0.2, 0.25) is 0 Å². The summed E-state index contributed by atoms with van der Waals surface area (Å²) in [5, 5.41) is 3.42. The fourth-order valence-electron chi connectivity index (χ4n) is 2.21. The van der Waals surface area contributed by atoms with Crippen LogP contribution in [0.5, 0.6) is 11.5 Å². The maximum atomic E-state index is 5.95. The molecule has 0 spiro atoms. The fourth-order valence-corrected chi connectivity index (χ4v) is 2.21. The van der Waals surface area contributed by atoms with E-state index in [1.807, 2.05) is 12.1 Å². The van der Waals surface area contributed by atoms with Gasteiger partial charge >= 0.3 is 0 Å². The van der Waals surface area contributed by atoms with Crippen LogP contribution in [0.4, 0.5) is 0 Å². The first kappa shape index (κ1) is 17.8. The molecule has 0 aliphatic heterocycles. The lowest BCUT2D eigenvalue weighted by molar-refractivity contribution is 0.304. The Labute approximate surface area is 130 Å². The van der Waals surface area contributed by atoms with E-state index < -0.39 is 0 Å². The van der Waals surface area contributed by atoms with Gasteiger partial charge in [-0.05, 0) is 36.6 Å². The number of unbranched alkanes of at least 4 members (excludes halogenated alkanes) is 2. The van der Waals surface area contributed by atoms with Gasteiger partial charge in [0.25, 0.3) is 0 Å². The molecule has 1 N–H and O–H groups in total. The second kappa shape index (κ2) is 8.93.